The number of thioether (sulfide) groups is 1. The topological polar surface area (TPSA) is 64.4 Å². The number of aliphatic carboxylic acids is 1. The molecular formula is C26H23F3N2O3S. The summed E-state index contributed by atoms with van der Waals surface area (Å²) in [6, 6.07) is 16.4. The molecule has 182 valence electrons. The second-order valence-electron chi connectivity index (χ2n) is 8.58. The van der Waals surface area contributed by atoms with Gasteiger partial charge in [0.05, 0.1) is 16.8 Å². The molecular weight excluding hydrogens is 477 g/mol. The summed E-state index contributed by atoms with van der Waals surface area (Å²) in [7, 11) is 0. The summed E-state index contributed by atoms with van der Waals surface area (Å²) in [6.07, 6.45) is -2.58. The summed E-state index contributed by atoms with van der Waals surface area (Å²) in [5.41, 5.74) is 2.42. The zero-order valence-electron chi connectivity index (χ0n) is 19.3. The fraction of sp³-hybridized carbons (Fsp3) is 0.231. The van der Waals surface area contributed by atoms with Crippen molar-refractivity contribution in [1.82, 2.24) is 9.78 Å². The van der Waals surface area contributed by atoms with Crippen molar-refractivity contribution < 1.29 is 27.8 Å². The molecule has 5 nitrogen and oxygen atoms in total. The summed E-state index contributed by atoms with van der Waals surface area (Å²) in [6.45, 7) is 5.62. The van der Waals surface area contributed by atoms with Gasteiger partial charge in [-0.2, -0.15) is 18.3 Å². The number of hydrogen-bond donors (Lipinski definition) is 1. The van der Waals surface area contributed by atoms with Crippen molar-refractivity contribution >= 4 is 28.6 Å². The van der Waals surface area contributed by atoms with Crippen LogP contribution >= 0.6 is 11.8 Å². The minimum atomic E-state index is -4.39. The van der Waals surface area contributed by atoms with Crippen LogP contribution in [-0.2, 0) is 15.7 Å². The second-order valence-corrected chi connectivity index (χ2v) is 10.3. The maximum atomic E-state index is 12.9. The fourth-order valence-electron chi connectivity index (χ4n) is 3.80. The van der Waals surface area contributed by atoms with Crippen LogP contribution in [0.15, 0.2) is 71.8 Å². The normalized spacial score (nSPS) is 12.2. The number of fused-ring (bicyclic) bond motifs is 1. The number of rotatable bonds is 7. The number of ether oxygens (including phenoxy) is 1. The Morgan fingerprint density at radius 1 is 1.09 bits per heavy atom. The van der Waals surface area contributed by atoms with Gasteiger partial charge >= 0.3 is 12.1 Å². The van der Waals surface area contributed by atoms with Gasteiger partial charge in [0.2, 0.25) is 0 Å². The molecule has 0 aliphatic rings. The Kier molecular flexibility index (Phi) is 6.55. The SMILES string of the molecule is Cc1cc(SC(C)(C)c2cccc3cn(-c4ccc(C(F)(F)F)cc4)nc23)ccc1OCC(=O)O. The lowest BCUT2D eigenvalue weighted by molar-refractivity contribution is -0.139. The molecule has 1 heterocycles. The largest absolute Gasteiger partial charge is 0.482 e. The van der Waals surface area contributed by atoms with Crippen molar-refractivity contribution in [2.24, 2.45) is 0 Å². The first kappa shape index (κ1) is 24.7. The maximum absolute atomic E-state index is 12.9. The van der Waals surface area contributed by atoms with Gasteiger partial charge in [-0.25, -0.2) is 9.48 Å². The van der Waals surface area contributed by atoms with E-state index in [4.69, 9.17) is 14.9 Å². The Balaban J connectivity index is 1.62. The van der Waals surface area contributed by atoms with Gasteiger partial charge in [0, 0.05) is 21.2 Å². The third kappa shape index (κ3) is 5.45. The van der Waals surface area contributed by atoms with Gasteiger partial charge in [0.1, 0.15) is 5.75 Å². The van der Waals surface area contributed by atoms with Gasteiger partial charge in [-0.15, -0.1) is 11.8 Å². The van der Waals surface area contributed by atoms with Crippen molar-refractivity contribution in [2.75, 3.05) is 6.61 Å². The van der Waals surface area contributed by atoms with Gasteiger partial charge in [-0.1, -0.05) is 18.2 Å². The minimum Gasteiger partial charge on any atom is -0.482 e. The van der Waals surface area contributed by atoms with Crippen LogP contribution in [0.2, 0.25) is 0 Å². The van der Waals surface area contributed by atoms with Gasteiger partial charge in [0.25, 0.3) is 0 Å². The molecule has 0 aliphatic carbocycles. The molecule has 0 amide bonds. The van der Waals surface area contributed by atoms with Crippen molar-refractivity contribution in [3.63, 3.8) is 0 Å². The lowest BCUT2D eigenvalue weighted by atomic mass is 10.00. The predicted octanol–water partition coefficient (Wildman–Crippen LogP) is 6.84. The smallest absolute Gasteiger partial charge is 0.416 e. The van der Waals surface area contributed by atoms with Crippen LogP contribution in [0, 0.1) is 6.92 Å². The second kappa shape index (κ2) is 9.30. The zero-order valence-corrected chi connectivity index (χ0v) is 20.1. The summed E-state index contributed by atoms with van der Waals surface area (Å²) in [5, 5.41) is 14.4. The molecule has 0 saturated carbocycles. The number of halogens is 3. The standard InChI is InChI=1S/C26H23F3N2O3S/c1-16-13-20(11-12-22(16)34-15-23(32)33)35-25(2,3)21-6-4-5-17-14-31(30-24(17)21)19-9-7-18(8-10-19)26(27,28)29/h4-14H,15H2,1-3H3,(H,32,33). The van der Waals surface area contributed by atoms with Crippen molar-refractivity contribution in [3.05, 3.63) is 83.6 Å². The summed E-state index contributed by atoms with van der Waals surface area (Å²) >= 11 is 1.62. The molecule has 1 N–H and O–H groups in total. The van der Waals surface area contributed by atoms with E-state index in [2.05, 4.69) is 13.8 Å². The number of carboxylic acid groups (broad SMARTS) is 1. The first-order chi connectivity index (χ1) is 16.4. The molecule has 4 aromatic rings. The number of nitrogens with zero attached hydrogens (tertiary/aromatic N) is 2. The predicted molar refractivity (Wildman–Crippen MR) is 129 cm³/mol. The number of carbonyl (C=O) groups is 1. The molecule has 0 saturated heterocycles. The molecule has 0 atom stereocenters. The van der Waals surface area contributed by atoms with Crippen LogP contribution < -0.4 is 4.74 Å². The molecule has 3 aromatic carbocycles. The highest BCUT2D eigenvalue weighted by Gasteiger charge is 2.30. The Hall–Kier alpha value is -3.46. The highest BCUT2D eigenvalue weighted by atomic mass is 32.2. The van der Waals surface area contributed by atoms with E-state index < -0.39 is 29.1 Å². The lowest BCUT2D eigenvalue weighted by Gasteiger charge is -2.25. The van der Waals surface area contributed by atoms with Crippen LogP contribution in [0.25, 0.3) is 16.6 Å². The van der Waals surface area contributed by atoms with Crippen LogP contribution in [-0.4, -0.2) is 27.5 Å². The molecule has 0 aliphatic heterocycles. The molecule has 9 heteroatoms. The van der Waals surface area contributed by atoms with E-state index in [0.29, 0.717) is 11.4 Å². The first-order valence-electron chi connectivity index (χ1n) is 10.7. The van der Waals surface area contributed by atoms with Crippen LogP contribution in [0.1, 0.15) is 30.5 Å². The number of hydrogen-bond acceptors (Lipinski definition) is 4. The summed E-state index contributed by atoms with van der Waals surface area (Å²) < 4.78 is 45.3. The summed E-state index contributed by atoms with van der Waals surface area (Å²) in [4.78, 5) is 11.7. The maximum Gasteiger partial charge on any atom is 0.416 e. The van der Waals surface area contributed by atoms with Crippen molar-refractivity contribution in [3.8, 4) is 11.4 Å². The van der Waals surface area contributed by atoms with E-state index in [1.54, 1.807) is 28.7 Å². The monoisotopic (exact) mass is 500 g/mol. The quantitative estimate of drug-likeness (QED) is 0.281. The van der Waals surface area contributed by atoms with Crippen molar-refractivity contribution in [1.29, 1.82) is 0 Å². The van der Waals surface area contributed by atoms with E-state index in [1.165, 1.54) is 12.1 Å². The molecule has 0 fully saturated rings. The van der Waals surface area contributed by atoms with Gasteiger partial charge in [-0.05, 0) is 74.4 Å². The number of aromatic nitrogens is 2. The minimum absolute atomic E-state index is 0.394. The van der Waals surface area contributed by atoms with Gasteiger partial charge in [0.15, 0.2) is 6.61 Å². The Bertz CT molecular complexity index is 1380. The lowest BCUT2D eigenvalue weighted by Crippen LogP contribution is -2.13. The average Bonchev–Trinajstić information content (AvgIpc) is 3.22. The van der Waals surface area contributed by atoms with Gasteiger partial charge in [-0.3, -0.25) is 0 Å². The molecule has 0 spiro atoms. The molecule has 0 radical (unpaired) electrons. The Morgan fingerprint density at radius 3 is 2.43 bits per heavy atom. The van der Waals surface area contributed by atoms with E-state index in [1.807, 2.05) is 37.3 Å². The Morgan fingerprint density at radius 2 is 1.80 bits per heavy atom. The number of carboxylic acids is 1. The average molecular weight is 501 g/mol. The van der Waals surface area contributed by atoms with Crippen LogP contribution in [0.4, 0.5) is 13.2 Å². The highest BCUT2D eigenvalue weighted by Crippen LogP contribution is 2.44. The van der Waals surface area contributed by atoms with Crippen molar-refractivity contribution in [2.45, 2.75) is 36.6 Å². The van der Waals surface area contributed by atoms with Gasteiger partial charge < -0.3 is 9.84 Å². The third-order valence-corrected chi connectivity index (χ3v) is 6.73. The third-order valence-electron chi connectivity index (χ3n) is 5.51. The number of aryl methyl sites for hydroxylation is 1. The molecule has 1 aromatic heterocycles. The van der Waals surface area contributed by atoms with Crippen LogP contribution in [0.5, 0.6) is 5.75 Å². The number of alkyl halides is 3. The Labute approximate surface area is 204 Å². The zero-order chi connectivity index (χ0) is 25.4. The first-order valence-corrected chi connectivity index (χ1v) is 11.6. The highest BCUT2D eigenvalue weighted by molar-refractivity contribution is 8.00. The molecule has 0 bridgehead atoms. The summed E-state index contributed by atoms with van der Waals surface area (Å²) in [5.74, 6) is -0.514. The van der Waals surface area contributed by atoms with E-state index in [0.717, 1.165) is 39.1 Å². The fourth-order valence-corrected chi connectivity index (χ4v) is 5.04. The van der Waals surface area contributed by atoms with E-state index in [-0.39, 0.29) is 0 Å². The van der Waals surface area contributed by atoms with E-state index in [9.17, 15) is 18.0 Å². The van der Waals surface area contributed by atoms with Crippen LogP contribution in [0.3, 0.4) is 0 Å². The molecule has 4 rings (SSSR count). The number of benzene rings is 3. The molecule has 35 heavy (non-hydrogen) atoms. The van der Waals surface area contributed by atoms with E-state index >= 15 is 0 Å². The molecule has 0 unspecified atom stereocenters.